The summed E-state index contributed by atoms with van der Waals surface area (Å²) in [4.78, 5) is 17.6. The van der Waals surface area contributed by atoms with Crippen molar-refractivity contribution < 1.29 is 9.90 Å². The second-order valence-electron chi connectivity index (χ2n) is 7.70. The summed E-state index contributed by atoms with van der Waals surface area (Å²) in [6, 6.07) is 4.73. The van der Waals surface area contributed by atoms with Crippen LogP contribution in [0.1, 0.15) is 51.4 Å². The van der Waals surface area contributed by atoms with Gasteiger partial charge < -0.3 is 15.3 Å². The molecule has 138 valence electrons. The van der Waals surface area contributed by atoms with E-state index >= 15 is 0 Å². The van der Waals surface area contributed by atoms with Crippen LogP contribution in [0.2, 0.25) is 0 Å². The molecular formula is C20H31N3O2. The number of rotatable bonds is 7. The Bertz CT molecular complexity index is 521. The van der Waals surface area contributed by atoms with Gasteiger partial charge in [0.1, 0.15) is 0 Å². The molecule has 0 bridgehead atoms. The van der Waals surface area contributed by atoms with Gasteiger partial charge >= 0.3 is 5.97 Å². The van der Waals surface area contributed by atoms with Crippen molar-refractivity contribution in [2.75, 3.05) is 25.0 Å². The lowest BCUT2D eigenvalue weighted by Gasteiger charge is -2.40. The summed E-state index contributed by atoms with van der Waals surface area (Å²) in [5.74, 6) is 0.601. The number of hydrogen-bond donors (Lipinski definition) is 2. The normalized spacial score (nSPS) is 25.6. The topological polar surface area (TPSA) is 65.5 Å². The molecule has 1 saturated carbocycles. The Hall–Kier alpha value is -1.62. The van der Waals surface area contributed by atoms with Crippen LogP contribution in [-0.2, 0) is 4.79 Å². The van der Waals surface area contributed by atoms with E-state index in [4.69, 9.17) is 5.11 Å². The summed E-state index contributed by atoms with van der Waals surface area (Å²) in [6.07, 6.45) is 12.4. The third kappa shape index (κ3) is 5.70. The van der Waals surface area contributed by atoms with Gasteiger partial charge in [0.2, 0.25) is 0 Å². The smallest absolute Gasteiger partial charge is 0.303 e. The van der Waals surface area contributed by atoms with E-state index in [1.54, 1.807) is 0 Å². The zero-order chi connectivity index (χ0) is 17.5. The molecule has 0 atom stereocenters. The van der Waals surface area contributed by atoms with Gasteiger partial charge in [-0.3, -0.25) is 9.78 Å². The first-order valence-electron chi connectivity index (χ1n) is 9.80. The van der Waals surface area contributed by atoms with Gasteiger partial charge in [-0.15, -0.1) is 0 Å². The van der Waals surface area contributed by atoms with Gasteiger partial charge in [-0.25, -0.2) is 0 Å². The van der Waals surface area contributed by atoms with Crippen LogP contribution >= 0.6 is 0 Å². The Kier molecular flexibility index (Phi) is 6.68. The molecule has 2 fully saturated rings. The molecule has 1 saturated heterocycles. The first-order chi connectivity index (χ1) is 12.2. The van der Waals surface area contributed by atoms with Crippen LogP contribution in [0.15, 0.2) is 24.5 Å². The second-order valence-corrected chi connectivity index (χ2v) is 7.70. The van der Waals surface area contributed by atoms with E-state index < -0.39 is 5.97 Å². The van der Waals surface area contributed by atoms with Crippen molar-refractivity contribution in [3.63, 3.8) is 0 Å². The van der Waals surface area contributed by atoms with Crippen LogP contribution < -0.4 is 5.32 Å². The summed E-state index contributed by atoms with van der Waals surface area (Å²) < 4.78 is 0. The molecule has 0 unspecified atom stereocenters. The summed E-state index contributed by atoms with van der Waals surface area (Å²) >= 11 is 0. The maximum absolute atomic E-state index is 10.8. The summed E-state index contributed by atoms with van der Waals surface area (Å²) in [5.41, 5.74) is 1.16. The highest BCUT2D eigenvalue weighted by Gasteiger charge is 2.29. The highest BCUT2D eigenvalue weighted by Crippen LogP contribution is 2.32. The Balaban J connectivity index is 1.32. The number of piperidine rings is 1. The quantitative estimate of drug-likeness (QED) is 0.790. The summed E-state index contributed by atoms with van der Waals surface area (Å²) in [7, 11) is 0. The molecule has 1 aliphatic carbocycles. The van der Waals surface area contributed by atoms with Crippen LogP contribution in [0, 0.1) is 11.8 Å². The highest BCUT2D eigenvalue weighted by atomic mass is 16.4. The van der Waals surface area contributed by atoms with Crippen molar-refractivity contribution >= 4 is 11.7 Å². The fourth-order valence-corrected chi connectivity index (χ4v) is 4.46. The molecule has 2 aliphatic rings. The molecule has 0 amide bonds. The fourth-order valence-electron chi connectivity index (χ4n) is 4.46. The van der Waals surface area contributed by atoms with Crippen molar-refractivity contribution in [2.24, 2.45) is 11.8 Å². The minimum Gasteiger partial charge on any atom is -0.481 e. The van der Waals surface area contributed by atoms with Gasteiger partial charge in [-0.1, -0.05) is 0 Å². The van der Waals surface area contributed by atoms with E-state index in [9.17, 15) is 4.79 Å². The number of carboxylic acid groups (broad SMARTS) is 1. The second kappa shape index (κ2) is 9.18. The Labute approximate surface area is 150 Å². The van der Waals surface area contributed by atoms with Crippen molar-refractivity contribution in [1.82, 2.24) is 9.88 Å². The van der Waals surface area contributed by atoms with E-state index in [0.29, 0.717) is 18.4 Å². The van der Waals surface area contributed by atoms with E-state index in [-0.39, 0.29) is 0 Å². The SMILES string of the molecule is O=C(O)CC1CCC(N2CCC(CCNc3ccncc3)CC2)CC1. The van der Waals surface area contributed by atoms with Crippen LogP contribution in [-0.4, -0.2) is 46.6 Å². The lowest BCUT2D eigenvalue weighted by Crippen LogP contribution is -2.43. The zero-order valence-electron chi connectivity index (χ0n) is 15.1. The molecule has 1 aromatic rings. The van der Waals surface area contributed by atoms with Crippen LogP contribution in [0.4, 0.5) is 5.69 Å². The van der Waals surface area contributed by atoms with Crippen LogP contribution in [0.25, 0.3) is 0 Å². The van der Waals surface area contributed by atoms with E-state index in [0.717, 1.165) is 31.0 Å². The maximum Gasteiger partial charge on any atom is 0.303 e. The molecule has 1 aliphatic heterocycles. The zero-order valence-corrected chi connectivity index (χ0v) is 15.1. The molecule has 3 rings (SSSR count). The molecule has 5 heteroatoms. The largest absolute Gasteiger partial charge is 0.481 e. The van der Waals surface area contributed by atoms with Gasteiger partial charge in [0.15, 0.2) is 0 Å². The van der Waals surface area contributed by atoms with Crippen LogP contribution in [0.5, 0.6) is 0 Å². The van der Waals surface area contributed by atoms with Crippen molar-refractivity contribution in [2.45, 2.75) is 57.4 Å². The van der Waals surface area contributed by atoms with E-state index in [2.05, 4.69) is 15.2 Å². The predicted molar refractivity (Wildman–Crippen MR) is 99.6 cm³/mol. The first kappa shape index (κ1) is 18.2. The molecule has 0 aromatic carbocycles. The average Bonchev–Trinajstić information content (AvgIpc) is 2.63. The van der Waals surface area contributed by atoms with Crippen molar-refractivity contribution in [1.29, 1.82) is 0 Å². The highest BCUT2D eigenvalue weighted by molar-refractivity contribution is 5.67. The third-order valence-corrected chi connectivity index (χ3v) is 6.01. The number of aromatic nitrogens is 1. The summed E-state index contributed by atoms with van der Waals surface area (Å²) in [5, 5.41) is 12.4. The number of likely N-dealkylation sites (tertiary alicyclic amines) is 1. The Morgan fingerprint density at radius 3 is 2.40 bits per heavy atom. The minimum absolute atomic E-state index is 0.360. The van der Waals surface area contributed by atoms with Gasteiger partial charge in [0.05, 0.1) is 0 Å². The first-order valence-corrected chi connectivity index (χ1v) is 9.80. The number of carboxylic acids is 1. The van der Waals surface area contributed by atoms with Gasteiger partial charge in [0, 0.05) is 37.1 Å². The lowest BCUT2D eigenvalue weighted by atomic mass is 9.82. The molecule has 2 N–H and O–H groups in total. The van der Waals surface area contributed by atoms with E-state index in [1.165, 1.54) is 45.2 Å². The van der Waals surface area contributed by atoms with Crippen molar-refractivity contribution in [3.05, 3.63) is 24.5 Å². The van der Waals surface area contributed by atoms with Crippen molar-refractivity contribution in [3.8, 4) is 0 Å². The molecule has 2 heterocycles. The van der Waals surface area contributed by atoms with Crippen LogP contribution in [0.3, 0.4) is 0 Å². The molecule has 25 heavy (non-hydrogen) atoms. The molecule has 0 radical (unpaired) electrons. The minimum atomic E-state index is -0.635. The van der Waals surface area contributed by atoms with Gasteiger partial charge in [-0.2, -0.15) is 0 Å². The number of nitrogens with zero attached hydrogens (tertiary/aromatic N) is 2. The maximum atomic E-state index is 10.8. The number of carbonyl (C=O) groups is 1. The van der Waals surface area contributed by atoms with Gasteiger partial charge in [-0.05, 0) is 82.0 Å². The molecule has 5 nitrogen and oxygen atoms in total. The number of aliphatic carboxylic acids is 1. The fraction of sp³-hybridized carbons (Fsp3) is 0.700. The van der Waals surface area contributed by atoms with E-state index in [1.807, 2.05) is 24.5 Å². The summed E-state index contributed by atoms with van der Waals surface area (Å²) in [6.45, 7) is 3.47. The van der Waals surface area contributed by atoms with Gasteiger partial charge in [0.25, 0.3) is 0 Å². The Morgan fingerprint density at radius 1 is 1.08 bits per heavy atom. The molecular weight excluding hydrogens is 314 g/mol. The molecule has 0 spiro atoms. The Morgan fingerprint density at radius 2 is 1.76 bits per heavy atom. The average molecular weight is 345 g/mol. The number of hydrogen-bond acceptors (Lipinski definition) is 4. The number of pyridine rings is 1. The monoisotopic (exact) mass is 345 g/mol. The lowest BCUT2D eigenvalue weighted by molar-refractivity contribution is -0.138. The predicted octanol–water partition coefficient (Wildman–Crippen LogP) is 3.63. The number of nitrogens with one attached hydrogen (secondary N) is 1. The third-order valence-electron chi connectivity index (χ3n) is 6.01. The molecule has 1 aromatic heterocycles. The standard InChI is InChI=1S/C20H31N3O2/c24-20(25)15-17-1-3-19(4-2-17)23-13-8-16(9-14-23)5-12-22-18-6-10-21-11-7-18/h6-7,10-11,16-17,19H,1-5,8-9,12-15H2,(H,21,22)(H,24,25). The number of anilines is 1.